The van der Waals surface area contributed by atoms with Gasteiger partial charge in [0.1, 0.15) is 18.1 Å². The molecular weight excluding hydrogens is 518 g/mol. The highest BCUT2D eigenvalue weighted by Crippen LogP contribution is 2.20. The smallest absolute Gasteiger partial charge is 0.326 e. The van der Waals surface area contributed by atoms with Gasteiger partial charge < -0.3 is 31.8 Å². The minimum absolute atomic E-state index is 0.177. The second-order valence-electron chi connectivity index (χ2n) is 10.1. The maximum atomic E-state index is 13.6. The molecule has 0 spiro atoms. The fourth-order valence-corrected chi connectivity index (χ4v) is 4.76. The number of nitrogens with one attached hydrogen (secondary N) is 4. The number of hydrogen-bond acceptors (Lipinski definition) is 6. The van der Waals surface area contributed by atoms with Crippen LogP contribution in [0.5, 0.6) is 0 Å². The Bertz CT molecular complexity index is 1120. The van der Waals surface area contributed by atoms with Gasteiger partial charge in [-0.05, 0) is 41.9 Å². The van der Waals surface area contributed by atoms with E-state index in [9.17, 15) is 24.3 Å². The number of rotatable bonds is 16. The van der Waals surface area contributed by atoms with E-state index in [-0.39, 0.29) is 18.3 Å². The summed E-state index contributed by atoms with van der Waals surface area (Å²) in [6.45, 7) is 7.30. The van der Waals surface area contributed by atoms with Crippen molar-refractivity contribution in [3.8, 4) is 0 Å². The number of aromatic nitrogens is 1. The highest BCUT2D eigenvalue weighted by molar-refractivity contribution is 7.98. The summed E-state index contributed by atoms with van der Waals surface area (Å²) in [5.74, 6) is -2.57. The number of carboxylic acids is 1. The average Bonchev–Trinajstić information content (AvgIpc) is 3.34. The molecule has 1 aromatic heterocycles. The van der Waals surface area contributed by atoms with Crippen LogP contribution < -0.4 is 21.7 Å². The minimum atomic E-state index is -1.13. The van der Waals surface area contributed by atoms with Crippen LogP contribution in [-0.4, -0.2) is 70.0 Å². The summed E-state index contributed by atoms with van der Waals surface area (Å²) in [5.41, 5.74) is 7.81. The molecule has 0 bridgehead atoms. The first-order chi connectivity index (χ1) is 18.5. The van der Waals surface area contributed by atoms with Crippen LogP contribution in [0.15, 0.2) is 30.5 Å². The van der Waals surface area contributed by atoms with Crippen LogP contribution in [-0.2, 0) is 25.6 Å². The fraction of sp³-hybridized carbons (Fsp3) is 0.571. The molecule has 39 heavy (non-hydrogen) atoms. The summed E-state index contributed by atoms with van der Waals surface area (Å²) >= 11 is 1.58. The van der Waals surface area contributed by atoms with Crippen LogP contribution in [0.2, 0.25) is 0 Å². The molecule has 0 saturated carbocycles. The largest absolute Gasteiger partial charge is 0.480 e. The van der Waals surface area contributed by atoms with Crippen LogP contribution in [0.1, 0.15) is 52.5 Å². The molecule has 0 radical (unpaired) electrons. The lowest BCUT2D eigenvalue weighted by atomic mass is 9.94. The lowest BCUT2D eigenvalue weighted by Crippen LogP contribution is -2.59. The number of carboxylic acid groups (broad SMARTS) is 1. The zero-order valence-electron chi connectivity index (χ0n) is 23.5. The van der Waals surface area contributed by atoms with Crippen molar-refractivity contribution in [3.05, 3.63) is 36.0 Å². The third-order valence-corrected chi connectivity index (χ3v) is 7.92. The molecule has 2 aromatic rings. The van der Waals surface area contributed by atoms with Gasteiger partial charge in [0.05, 0.1) is 6.04 Å². The molecule has 1 aromatic carbocycles. The van der Waals surface area contributed by atoms with Gasteiger partial charge in [-0.15, -0.1) is 0 Å². The van der Waals surface area contributed by atoms with Crippen LogP contribution in [0, 0.1) is 11.8 Å². The zero-order valence-corrected chi connectivity index (χ0v) is 24.3. The Balaban J connectivity index is 2.32. The lowest BCUT2D eigenvalue weighted by Gasteiger charge is -2.29. The molecule has 0 saturated heterocycles. The van der Waals surface area contributed by atoms with Gasteiger partial charge in [-0.1, -0.05) is 58.7 Å². The predicted octanol–water partition coefficient (Wildman–Crippen LogP) is 2.42. The number of hydrogen-bond donors (Lipinski definition) is 6. The summed E-state index contributed by atoms with van der Waals surface area (Å²) in [4.78, 5) is 54.8. The molecule has 1 heterocycles. The molecule has 0 aliphatic carbocycles. The van der Waals surface area contributed by atoms with Crippen LogP contribution in [0.3, 0.4) is 0 Å². The number of aliphatic carboxylic acids is 1. The van der Waals surface area contributed by atoms with E-state index in [0.29, 0.717) is 25.0 Å². The summed E-state index contributed by atoms with van der Waals surface area (Å²) in [7, 11) is 0. The van der Waals surface area contributed by atoms with Gasteiger partial charge in [0.2, 0.25) is 17.7 Å². The van der Waals surface area contributed by atoms with Crippen molar-refractivity contribution in [2.24, 2.45) is 17.6 Å². The Morgan fingerprint density at radius 2 is 1.56 bits per heavy atom. The lowest BCUT2D eigenvalue weighted by molar-refractivity contribution is -0.144. The van der Waals surface area contributed by atoms with E-state index in [2.05, 4.69) is 20.9 Å². The Morgan fingerprint density at radius 1 is 0.949 bits per heavy atom. The minimum Gasteiger partial charge on any atom is -0.480 e. The van der Waals surface area contributed by atoms with Crippen LogP contribution in [0.4, 0.5) is 0 Å². The summed E-state index contributed by atoms with van der Waals surface area (Å²) in [6.07, 6.45) is 5.49. The summed E-state index contributed by atoms with van der Waals surface area (Å²) in [6, 6.07) is 3.80. The molecule has 0 fully saturated rings. The topological polar surface area (TPSA) is 166 Å². The second kappa shape index (κ2) is 15.5. The number of aromatic amines is 1. The first-order valence-corrected chi connectivity index (χ1v) is 14.9. The molecule has 6 atom stereocenters. The normalized spacial score (nSPS) is 15.9. The van der Waals surface area contributed by atoms with E-state index in [1.165, 1.54) is 0 Å². The summed E-state index contributed by atoms with van der Waals surface area (Å²) in [5, 5.41) is 18.8. The molecule has 0 aliphatic rings. The molecule has 7 N–H and O–H groups in total. The fourth-order valence-electron chi connectivity index (χ4n) is 4.27. The first kappa shape index (κ1) is 32.2. The maximum Gasteiger partial charge on any atom is 0.326 e. The van der Waals surface area contributed by atoms with E-state index in [0.717, 1.165) is 16.5 Å². The standard InChI is InChI=1S/C28H43N5O5S/c1-6-16(3)23(27(36)33-24(28(37)38)17(4)7-2)32-26(35)22(31-25(34)20(29)12-13-39-5)14-18-15-30-21-11-9-8-10-19(18)21/h8-11,15-17,20,22-24,30H,6-7,12-14,29H2,1-5H3,(H,31,34)(H,32,35)(H,33,36)(H,37,38). The van der Waals surface area contributed by atoms with E-state index in [1.54, 1.807) is 24.9 Å². The third kappa shape index (κ3) is 8.99. The van der Waals surface area contributed by atoms with Gasteiger partial charge in [-0.2, -0.15) is 11.8 Å². The molecule has 11 heteroatoms. The molecule has 10 nitrogen and oxygen atoms in total. The average molecular weight is 562 g/mol. The Labute approximate surface area is 234 Å². The van der Waals surface area contributed by atoms with Crippen molar-refractivity contribution < 1.29 is 24.3 Å². The Kier molecular flexibility index (Phi) is 12.8. The van der Waals surface area contributed by atoms with Crippen molar-refractivity contribution in [1.82, 2.24) is 20.9 Å². The number of H-pyrrole nitrogens is 1. The number of benzene rings is 1. The number of nitrogens with two attached hydrogens (primary N) is 1. The highest BCUT2D eigenvalue weighted by atomic mass is 32.2. The van der Waals surface area contributed by atoms with Gasteiger partial charge in [-0.25, -0.2) is 4.79 Å². The maximum absolute atomic E-state index is 13.6. The third-order valence-electron chi connectivity index (χ3n) is 7.27. The molecule has 216 valence electrons. The number of para-hydroxylation sites is 1. The number of carbonyl (C=O) groups excluding carboxylic acids is 3. The molecule has 6 unspecified atom stereocenters. The Hall–Kier alpha value is -3.05. The second-order valence-corrected chi connectivity index (χ2v) is 11.1. The van der Waals surface area contributed by atoms with Gasteiger partial charge in [0.25, 0.3) is 0 Å². The number of fused-ring (bicyclic) bond motifs is 1. The Morgan fingerprint density at radius 3 is 2.18 bits per heavy atom. The van der Waals surface area contributed by atoms with E-state index >= 15 is 0 Å². The summed E-state index contributed by atoms with van der Waals surface area (Å²) < 4.78 is 0. The monoisotopic (exact) mass is 561 g/mol. The SMILES string of the molecule is CCC(C)C(NC(=O)C(NC(=O)C(Cc1c[nH]c2ccccc12)NC(=O)C(N)CCSC)C(C)CC)C(=O)O. The van der Waals surface area contributed by atoms with Crippen LogP contribution in [0.25, 0.3) is 10.9 Å². The van der Waals surface area contributed by atoms with Crippen molar-refractivity contribution in [3.63, 3.8) is 0 Å². The van der Waals surface area contributed by atoms with Gasteiger partial charge in [-0.3, -0.25) is 14.4 Å². The van der Waals surface area contributed by atoms with E-state index in [4.69, 9.17) is 5.73 Å². The van der Waals surface area contributed by atoms with Crippen molar-refractivity contribution in [2.75, 3.05) is 12.0 Å². The number of thioether (sulfide) groups is 1. The quantitative estimate of drug-likeness (QED) is 0.183. The number of amides is 3. The molecule has 3 amide bonds. The highest BCUT2D eigenvalue weighted by Gasteiger charge is 2.34. The zero-order chi connectivity index (χ0) is 29.1. The molecule has 2 rings (SSSR count). The van der Waals surface area contributed by atoms with E-state index in [1.807, 2.05) is 51.3 Å². The van der Waals surface area contributed by atoms with Gasteiger partial charge in [0, 0.05) is 23.5 Å². The van der Waals surface area contributed by atoms with E-state index < -0.39 is 47.9 Å². The van der Waals surface area contributed by atoms with Crippen LogP contribution >= 0.6 is 11.8 Å². The van der Waals surface area contributed by atoms with Crippen molar-refractivity contribution >= 4 is 46.4 Å². The van der Waals surface area contributed by atoms with Crippen molar-refractivity contribution in [2.45, 2.75) is 77.5 Å². The number of carbonyl (C=O) groups is 4. The molecule has 0 aliphatic heterocycles. The van der Waals surface area contributed by atoms with Gasteiger partial charge in [0.15, 0.2) is 0 Å². The first-order valence-electron chi connectivity index (χ1n) is 13.5. The van der Waals surface area contributed by atoms with Gasteiger partial charge >= 0.3 is 5.97 Å². The molecular formula is C28H43N5O5S. The van der Waals surface area contributed by atoms with Crippen molar-refractivity contribution in [1.29, 1.82) is 0 Å². The predicted molar refractivity (Wildman–Crippen MR) is 155 cm³/mol.